The van der Waals surface area contributed by atoms with Crippen molar-refractivity contribution in [1.29, 1.82) is 0 Å². The van der Waals surface area contributed by atoms with Crippen LogP contribution in [0.2, 0.25) is 10.0 Å². The molecular formula is C15H15Cl2NO2. The molecule has 0 saturated carbocycles. The molecule has 0 aliphatic carbocycles. The first kappa shape index (κ1) is 15.0. The normalized spacial score (nSPS) is 12.1. The van der Waals surface area contributed by atoms with Gasteiger partial charge in [-0.1, -0.05) is 29.3 Å². The molecule has 0 aliphatic heterocycles. The smallest absolute Gasteiger partial charge is 0.124 e. The number of nitrogens with two attached hydrogens (primary N) is 1. The molecule has 0 aromatic heterocycles. The van der Waals surface area contributed by atoms with Gasteiger partial charge in [0.15, 0.2) is 0 Å². The van der Waals surface area contributed by atoms with E-state index in [4.69, 9.17) is 38.4 Å². The molecule has 1 unspecified atom stereocenters. The zero-order valence-electron chi connectivity index (χ0n) is 11.2. The molecule has 0 saturated heterocycles. The molecule has 20 heavy (non-hydrogen) atoms. The van der Waals surface area contributed by atoms with Gasteiger partial charge in [-0.25, -0.2) is 0 Å². The molecule has 0 bridgehead atoms. The Morgan fingerprint density at radius 3 is 2.30 bits per heavy atom. The summed E-state index contributed by atoms with van der Waals surface area (Å²) in [6.07, 6.45) is 0. The molecule has 0 amide bonds. The summed E-state index contributed by atoms with van der Waals surface area (Å²) in [4.78, 5) is 0. The van der Waals surface area contributed by atoms with E-state index >= 15 is 0 Å². The minimum absolute atomic E-state index is 0.426. The molecule has 0 spiro atoms. The molecule has 5 heteroatoms. The summed E-state index contributed by atoms with van der Waals surface area (Å²) in [6.45, 7) is 0. The first-order valence-corrected chi connectivity index (χ1v) is 6.75. The fourth-order valence-electron chi connectivity index (χ4n) is 2.00. The third-order valence-electron chi connectivity index (χ3n) is 3.07. The topological polar surface area (TPSA) is 44.5 Å². The van der Waals surface area contributed by atoms with E-state index in [1.54, 1.807) is 26.4 Å². The number of rotatable bonds is 4. The number of benzene rings is 2. The van der Waals surface area contributed by atoms with E-state index in [1.165, 1.54) is 0 Å². The number of methoxy groups -OCH3 is 2. The van der Waals surface area contributed by atoms with Crippen LogP contribution >= 0.6 is 23.2 Å². The highest BCUT2D eigenvalue weighted by Gasteiger charge is 2.17. The third kappa shape index (κ3) is 3.01. The number of ether oxygens (including phenoxy) is 2. The van der Waals surface area contributed by atoms with Gasteiger partial charge in [-0.3, -0.25) is 0 Å². The van der Waals surface area contributed by atoms with E-state index in [9.17, 15) is 0 Å². The average Bonchev–Trinajstić information content (AvgIpc) is 2.46. The molecule has 0 heterocycles. The Kier molecular flexibility index (Phi) is 4.76. The van der Waals surface area contributed by atoms with Crippen LogP contribution in [0.25, 0.3) is 0 Å². The Morgan fingerprint density at radius 1 is 0.950 bits per heavy atom. The molecule has 0 radical (unpaired) electrons. The summed E-state index contributed by atoms with van der Waals surface area (Å²) < 4.78 is 10.6. The SMILES string of the molecule is COc1ccc(OC)c(C(N)c2ccc(Cl)cc2Cl)c1. The van der Waals surface area contributed by atoms with Crippen molar-refractivity contribution in [2.45, 2.75) is 6.04 Å². The van der Waals surface area contributed by atoms with Gasteiger partial charge in [0, 0.05) is 15.6 Å². The van der Waals surface area contributed by atoms with Crippen LogP contribution in [0.15, 0.2) is 36.4 Å². The fourth-order valence-corrected chi connectivity index (χ4v) is 2.53. The Morgan fingerprint density at radius 2 is 1.70 bits per heavy atom. The van der Waals surface area contributed by atoms with Gasteiger partial charge in [0.2, 0.25) is 0 Å². The van der Waals surface area contributed by atoms with Crippen molar-refractivity contribution in [2.24, 2.45) is 5.73 Å². The monoisotopic (exact) mass is 311 g/mol. The van der Waals surface area contributed by atoms with Crippen LogP contribution in [0, 0.1) is 0 Å². The van der Waals surface area contributed by atoms with Gasteiger partial charge < -0.3 is 15.2 Å². The number of hydrogen-bond donors (Lipinski definition) is 1. The molecule has 2 rings (SSSR count). The molecule has 2 N–H and O–H groups in total. The van der Waals surface area contributed by atoms with Crippen molar-refractivity contribution in [3.63, 3.8) is 0 Å². The van der Waals surface area contributed by atoms with Crippen molar-refractivity contribution in [3.8, 4) is 11.5 Å². The maximum Gasteiger partial charge on any atom is 0.124 e. The lowest BCUT2D eigenvalue weighted by atomic mass is 9.98. The van der Waals surface area contributed by atoms with E-state index in [1.807, 2.05) is 24.3 Å². The molecule has 106 valence electrons. The Labute approximate surface area is 128 Å². The Hall–Kier alpha value is -1.42. The fraction of sp³-hybridized carbons (Fsp3) is 0.200. The predicted octanol–water partition coefficient (Wildman–Crippen LogP) is 4.06. The van der Waals surface area contributed by atoms with Gasteiger partial charge in [0.05, 0.1) is 20.3 Å². The van der Waals surface area contributed by atoms with Gasteiger partial charge in [0.1, 0.15) is 11.5 Å². The number of hydrogen-bond acceptors (Lipinski definition) is 3. The minimum Gasteiger partial charge on any atom is -0.497 e. The quantitative estimate of drug-likeness (QED) is 0.926. The Balaban J connectivity index is 2.48. The second kappa shape index (κ2) is 6.35. The predicted molar refractivity (Wildman–Crippen MR) is 82.0 cm³/mol. The van der Waals surface area contributed by atoms with Gasteiger partial charge in [-0.15, -0.1) is 0 Å². The summed E-state index contributed by atoms with van der Waals surface area (Å²) in [5.74, 6) is 1.39. The zero-order chi connectivity index (χ0) is 14.7. The lowest BCUT2D eigenvalue weighted by Crippen LogP contribution is -2.13. The van der Waals surface area contributed by atoms with Crippen LogP contribution in [0.5, 0.6) is 11.5 Å². The number of halogens is 2. The molecule has 2 aromatic rings. The van der Waals surface area contributed by atoms with Gasteiger partial charge >= 0.3 is 0 Å². The summed E-state index contributed by atoms with van der Waals surface area (Å²) in [7, 11) is 3.20. The highest BCUT2D eigenvalue weighted by Crippen LogP contribution is 2.35. The van der Waals surface area contributed by atoms with Crippen molar-refractivity contribution >= 4 is 23.2 Å². The first-order valence-electron chi connectivity index (χ1n) is 5.99. The van der Waals surface area contributed by atoms with Crippen molar-refractivity contribution in [3.05, 3.63) is 57.6 Å². The molecule has 2 aromatic carbocycles. The third-order valence-corrected chi connectivity index (χ3v) is 3.63. The Bertz CT molecular complexity index is 617. The van der Waals surface area contributed by atoms with Crippen LogP contribution in [-0.4, -0.2) is 14.2 Å². The largest absolute Gasteiger partial charge is 0.497 e. The second-order valence-electron chi connectivity index (χ2n) is 4.25. The van der Waals surface area contributed by atoms with E-state index in [-0.39, 0.29) is 0 Å². The maximum absolute atomic E-state index is 6.30. The van der Waals surface area contributed by atoms with Crippen LogP contribution in [-0.2, 0) is 0 Å². The highest BCUT2D eigenvalue weighted by atomic mass is 35.5. The summed E-state index contributed by atoms with van der Waals surface area (Å²) in [6, 6.07) is 10.3. The second-order valence-corrected chi connectivity index (χ2v) is 5.10. The van der Waals surface area contributed by atoms with Crippen LogP contribution in [0.1, 0.15) is 17.2 Å². The lowest BCUT2D eigenvalue weighted by molar-refractivity contribution is 0.397. The highest BCUT2D eigenvalue weighted by molar-refractivity contribution is 6.35. The molecular weight excluding hydrogens is 297 g/mol. The van der Waals surface area contributed by atoms with E-state index < -0.39 is 6.04 Å². The van der Waals surface area contributed by atoms with E-state index in [0.717, 1.165) is 11.1 Å². The zero-order valence-corrected chi connectivity index (χ0v) is 12.7. The lowest BCUT2D eigenvalue weighted by Gasteiger charge is -2.18. The maximum atomic E-state index is 6.30. The molecule has 3 nitrogen and oxygen atoms in total. The van der Waals surface area contributed by atoms with Gasteiger partial charge in [0.25, 0.3) is 0 Å². The molecule has 0 aliphatic rings. The van der Waals surface area contributed by atoms with Crippen molar-refractivity contribution < 1.29 is 9.47 Å². The van der Waals surface area contributed by atoms with Crippen LogP contribution < -0.4 is 15.2 Å². The van der Waals surface area contributed by atoms with Gasteiger partial charge in [-0.05, 0) is 35.9 Å². The summed E-state index contributed by atoms with van der Waals surface area (Å²) in [5, 5.41) is 1.10. The van der Waals surface area contributed by atoms with Gasteiger partial charge in [-0.2, -0.15) is 0 Å². The van der Waals surface area contributed by atoms with Crippen molar-refractivity contribution in [2.75, 3.05) is 14.2 Å². The van der Waals surface area contributed by atoms with Crippen LogP contribution in [0.3, 0.4) is 0 Å². The molecule has 1 atom stereocenters. The first-order chi connectivity index (χ1) is 9.56. The van der Waals surface area contributed by atoms with E-state index in [2.05, 4.69) is 0 Å². The standard InChI is InChI=1S/C15H15Cl2NO2/c1-19-10-4-6-14(20-2)12(8-10)15(18)11-5-3-9(16)7-13(11)17/h3-8,15H,18H2,1-2H3. The van der Waals surface area contributed by atoms with Crippen molar-refractivity contribution in [1.82, 2.24) is 0 Å². The summed E-state index contributed by atoms with van der Waals surface area (Å²) >= 11 is 12.1. The summed E-state index contributed by atoms with van der Waals surface area (Å²) in [5.41, 5.74) is 7.89. The van der Waals surface area contributed by atoms with E-state index in [0.29, 0.717) is 21.5 Å². The molecule has 0 fully saturated rings. The van der Waals surface area contributed by atoms with Crippen LogP contribution in [0.4, 0.5) is 0 Å². The minimum atomic E-state index is -0.426. The average molecular weight is 312 g/mol.